The maximum absolute atomic E-state index is 11.7. The molecule has 5 heteroatoms. The standard InChI is InChI=1S/C13H10ClNO3/c14-10-8-15-12(16)7-11(10)18-13(17)6-9-4-2-1-3-5-9/h1-5,7-8H,6H2,(H,15,16). The lowest BCUT2D eigenvalue weighted by Crippen LogP contribution is -2.13. The van der Waals surface area contributed by atoms with Gasteiger partial charge in [-0.05, 0) is 5.56 Å². The van der Waals surface area contributed by atoms with Gasteiger partial charge in [-0.25, -0.2) is 0 Å². The van der Waals surface area contributed by atoms with Gasteiger partial charge in [-0.15, -0.1) is 0 Å². The van der Waals surface area contributed by atoms with Crippen molar-refractivity contribution in [2.24, 2.45) is 0 Å². The Bertz CT molecular complexity index is 607. The second kappa shape index (κ2) is 5.51. The lowest BCUT2D eigenvalue weighted by molar-refractivity contribution is -0.133. The van der Waals surface area contributed by atoms with Crippen LogP contribution in [0.2, 0.25) is 5.02 Å². The molecule has 0 amide bonds. The van der Waals surface area contributed by atoms with Gasteiger partial charge in [-0.2, -0.15) is 0 Å². The number of aromatic amines is 1. The highest BCUT2D eigenvalue weighted by molar-refractivity contribution is 6.32. The summed E-state index contributed by atoms with van der Waals surface area (Å²) >= 11 is 5.80. The number of esters is 1. The van der Waals surface area contributed by atoms with Gasteiger partial charge in [0, 0.05) is 12.3 Å². The average Bonchev–Trinajstić information content (AvgIpc) is 2.35. The molecular weight excluding hydrogens is 254 g/mol. The van der Waals surface area contributed by atoms with E-state index in [9.17, 15) is 9.59 Å². The van der Waals surface area contributed by atoms with E-state index >= 15 is 0 Å². The van der Waals surface area contributed by atoms with E-state index in [4.69, 9.17) is 16.3 Å². The molecule has 92 valence electrons. The van der Waals surface area contributed by atoms with E-state index in [1.165, 1.54) is 6.20 Å². The van der Waals surface area contributed by atoms with E-state index in [2.05, 4.69) is 4.98 Å². The zero-order valence-electron chi connectivity index (χ0n) is 9.35. The molecule has 4 nitrogen and oxygen atoms in total. The van der Waals surface area contributed by atoms with Gasteiger partial charge in [0.25, 0.3) is 5.56 Å². The van der Waals surface area contributed by atoms with Gasteiger partial charge in [0.05, 0.1) is 11.4 Å². The van der Waals surface area contributed by atoms with Crippen LogP contribution in [0.3, 0.4) is 0 Å². The fraction of sp³-hybridized carbons (Fsp3) is 0.0769. The first-order valence-electron chi connectivity index (χ1n) is 5.28. The number of pyridine rings is 1. The SMILES string of the molecule is O=C(Cc1ccccc1)Oc1cc(=O)[nH]cc1Cl. The second-order valence-electron chi connectivity index (χ2n) is 3.65. The zero-order chi connectivity index (χ0) is 13.0. The number of carbonyl (C=O) groups excluding carboxylic acids is 1. The van der Waals surface area contributed by atoms with Crippen molar-refractivity contribution in [2.45, 2.75) is 6.42 Å². The van der Waals surface area contributed by atoms with E-state index < -0.39 is 5.97 Å². The van der Waals surface area contributed by atoms with Gasteiger partial charge in [0.15, 0.2) is 5.75 Å². The first kappa shape index (κ1) is 12.4. The summed E-state index contributed by atoms with van der Waals surface area (Å²) in [5.74, 6) is -0.393. The summed E-state index contributed by atoms with van der Waals surface area (Å²) in [7, 11) is 0. The molecule has 0 spiro atoms. The Morgan fingerprint density at radius 2 is 2.00 bits per heavy atom. The van der Waals surface area contributed by atoms with Crippen LogP contribution in [-0.2, 0) is 11.2 Å². The molecular formula is C13H10ClNO3. The number of carbonyl (C=O) groups is 1. The Labute approximate surface area is 108 Å². The summed E-state index contributed by atoms with van der Waals surface area (Å²) in [6.45, 7) is 0. The van der Waals surface area contributed by atoms with Crippen LogP contribution in [0, 0.1) is 0 Å². The van der Waals surface area contributed by atoms with Crippen molar-refractivity contribution >= 4 is 17.6 Å². The lowest BCUT2D eigenvalue weighted by atomic mass is 10.2. The summed E-state index contributed by atoms with van der Waals surface area (Å²) in [5, 5.41) is 0.191. The average molecular weight is 264 g/mol. The van der Waals surface area contributed by atoms with Crippen molar-refractivity contribution in [1.82, 2.24) is 4.98 Å². The van der Waals surface area contributed by atoms with Crippen LogP contribution in [0.1, 0.15) is 5.56 Å². The maximum Gasteiger partial charge on any atom is 0.315 e. The minimum atomic E-state index is -0.464. The smallest absolute Gasteiger partial charge is 0.315 e. The number of aromatic nitrogens is 1. The third-order valence-corrected chi connectivity index (χ3v) is 2.55. The summed E-state index contributed by atoms with van der Waals surface area (Å²) < 4.78 is 5.04. The fourth-order valence-electron chi connectivity index (χ4n) is 1.43. The van der Waals surface area contributed by atoms with Crippen molar-refractivity contribution in [3.63, 3.8) is 0 Å². The third kappa shape index (κ3) is 3.21. The predicted octanol–water partition coefficient (Wildman–Crippen LogP) is 2.18. The molecule has 2 aromatic rings. The second-order valence-corrected chi connectivity index (χ2v) is 4.05. The minimum absolute atomic E-state index is 0.0707. The van der Waals surface area contributed by atoms with Gasteiger partial charge in [0.1, 0.15) is 0 Å². The molecule has 1 N–H and O–H groups in total. The zero-order valence-corrected chi connectivity index (χ0v) is 10.1. The molecule has 0 bridgehead atoms. The molecule has 0 unspecified atom stereocenters. The summed E-state index contributed by atoms with van der Waals surface area (Å²) in [6.07, 6.45) is 1.42. The molecule has 0 saturated heterocycles. The van der Waals surface area contributed by atoms with Gasteiger partial charge in [-0.3, -0.25) is 9.59 Å². The molecule has 1 aromatic heterocycles. The van der Waals surface area contributed by atoms with Gasteiger partial charge < -0.3 is 9.72 Å². The molecule has 1 heterocycles. The highest BCUT2D eigenvalue weighted by Crippen LogP contribution is 2.20. The molecule has 0 aliphatic carbocycles. The predicted molar refractivity (Wildman–Crippen MR) is 67.9 cm³/mol. The first-order chi connectivity index (χ1) is 8.65. The van der Waals surface area contributed by atoms with Gasteiger partial charge in [0.2, 0.25) is 0 Å². The number of H-pyrrole nitrogens is 1. The maximum atomic E-state index is 11.7. The highest BCUT2D eigenvalue weighted by Gasteiger charge is 2.09. The van der Waals surface area contributed by atoms with Crippen LogP contribution in [0.15, 0.2) is 47.4 Å². The highest BCUT2D eigenvalue weighted by atomic mass is 35.5. The summed E-state index contributed by atoms with van der Waals surface area (Å²) in [4.78, 5) is 25.1. The first-order valence-corrected chi connectivity index (χ1v) is 5.66. The molecule has 0 saturated carbocycles. The quantitative estimate of drug-likeness (QED) is 0.864. The van der Waals surface area contributed by atoms with Crippen molar-refractivity contribution in [3.8, 4) is 5.75 Å². The number of halogens is 1. The Kier molecular flexibility index (Phi) is 3.79. The van der Waals surface area contributed by atoms with Crippen molar-refractivity contribution < 1.29 is 9.53 Å². The molecule has 2 rings (SSSR count). The third-order valence-electron chi connectivity index (χ3n) is 2.25. The number of rotatable bonds is 3. The lowest BCUT2D eigenvalue weighted by Gasteiger charge is -2.05. The van der Waals surface area contributed by atoms with Crippen molar-refractivity contribution in [3.05, 3.63) is 63.5 Å². The number of hydrogen-bond donors (Lipinski definition) is 1. The van der Waals surface area contributed by atoms with Crippen LogP contribution in [0.25, 0.3) is 0 Å². The number of hydrogen-bond acceptors (Lipinski definition) is 3. The van der Waals surface area contributed by atoms with Crippen LogP contribution in [0.5, 0.6) is 5.75 Å². The monoisotopic (exact) mass is 263 g/mol. The molecule has 0 aliphatic heterocycles. The number of ether oxygens (including phenoxy) is 1. The topological polar surface area (TPSA) is 59.2 Å². The van der Waals surface area contributed by atoms with Crippen LogP contribution in [0.4, 0.5) is 0 Å². The molecule has 0 fully saturated rings. The van der Waals surface area contributed by atoms with Gasteiger partial charge in [-0.1, -0.05) is 41.9 Å². The molecule has 0 atom stereocenters. The van der Waals surface area contributed by atoms with E-state index in [0.29, 0.717) is 0 Å². The van der Waals surface area contributed by atoms with E-state index in [0.717, 1.165) is 11.6 Å². The van der Waals surface area contributed by atoms with E-state index in [-0.39, 0.29) is 22.8 Å². The van der Waals surface area contributed by atoms with Crippen LogP contribution < -0.4 is 10.3 Å². The number of nitrogens with one attached hydrogen (secondary N) is 1. The van der Waals surface area contributed by atoms with Crippen molar-refractivity contribution in [1.29, 1.82) is 0 Å². The Morgan fingerprint density at radius 3 is 2.72 bits per heavy atom. The number of benzene rings is 1. The fourth-order valence-corrected chi connectivity index (χ4v) is 1.58. The Morgan fingerprint density at radius 1 is 1.28 bits per heavy atom. The normalized spacial score (nSPS) is 10.1. The van der Waals surface area contributed by atoms with Crippen LogP contribution in [-0.4, -0.2) is 11.0 Å². The van der Waals surface area contributed by atoms with Crippen molar-refractivity contribution in [2.75, 3.05) is 0 Å². The summed E-state index contributed by atoms with van der Waals surface area (Å²) in [6, 6.07) is 10.3. The van der Waals surface area contributed by atoms with E-state index in [1.54, 1.807) is 0 Å². The molecule has 1 aromatic carbocycles. The minimum Gasteiger partial charge on any atom is -0.424 e. The largest absolute Gasteiger partial charge is 0.424 e. The Hall–Kier alpha value is -2.07. The molecule has 18 heavy (non-hydrogen) atoms. The van der Waals surface area contributed by atoms with Gasteiger partial charge >= 0.3 is 5.97 Å². The van der Waals surface area contributed by atoms with E-state index in [1.807, 2.05) is 30.3 Å². The molecule has 0 radical (unpaired) electrons. The van der Waals surface area contributed by atoms with Crippen LogP contribution >= 0.6 is 11.6 Å². The Balaban J connectivity index is 2.08. The summed E-state index contributed by atoms with van der Waals surface area (Å²) in [5.41, 5.74) is 0.463. The molecule has 0 aliphatic rings.